The van der Waals surface area contributed by atoms with E-state index in [1.165, 1.54) is 6.07 Å². The topological polar surface area (TPSA) is 52.7 Å². The Morgan fingerprint density at radius 3 is 2.67 bits per heavy atom. The number of nitrogens with one attached hydrogen (secondary N) is 3. The van der Waals surface area contributed by atoms with Gasteiger partial charge in [-0.3, -0.25) is 5.10 Å². The van der Waals surface area contributed by atoms with E-state index < -0.39 is 11.7 Å². The largest absolute Gasteiger partial charge is 0.416 e. The Balaban J connectivity index is 1.76. The number of hydrogen-bond acceptors (Lipinski definition) is 2. The summed E-state index contributed by atoms with van der Waals surface area (Å²) in [6.45, 7) is 0. The lowest BCUT2D eigenvalue weighted by Crippen LogP contribution is -2.19. The van der Waals surface area contributed by atoms with Crippen LogP contribution >= 0.6 is 23.8 Å². The van der Waals surface area contributed by atoms with Gasteiger partial charge in [0.25, 0.3) is 0 Å². The molecule has 1 aromatic heterocycles. The van der Waals surface area contributed by atoms with Gasteiger partial charge in [0, 0.05) is 11.1 Å². The van der Waals surface area contributed by atoms with Gasteiger partial charge < -0.3 is 10.6 Å². The molecule has 0 unspecified atom stereocenters. The third kappa shape index (κ3) is 3.60. The van der Waals surface area contributed by atoms with Gasteiger partial charge in [-0.1, -0.05) is 11.6 Å². The number of aromatic nitrogens is 2. The number of halogens is 4. The smallest absolute Gasteiger partial charge is 0.332 e. The van der Waals surface area contributed by atoms with Gasteiger partial charge in [0.15, 0.2) is 5.11 Å². The molecule has 24 heavy (non-hydrogen) atoms. The van der Waals surface area contributed by atoms with Crippen molar-refractivity contribution in [3.05, 3.63) is 53.2 Å². The van der Waals surface area contributed by atoms with E-state index >= 15 is 0 Å². The Morgan fingerprint density at radius 2 is 1.92 bits per heavy atom. The number of anilines is 2. The SMILES string of the molecule is FC(F)(F)c1ccc(Cl)c(NC(=S)Nc2ccc3cn[nH]c3c2)c1. The molecule has 3 aromatic rings. The summed E-state index contributed by atoms with van der Waals surface area (Å²) in [5.41, 5.74) is 0.731. The predicted molar refractivity (Wildman–Crippen MR) is 92.4 cm³/mol. The predicted octanol–water partition coefficient (Wildman–Crippen LogP) is 5.04. The standard InChI is InChI=1S/C15H10ClF3N4S/c16-11-4-2-9(15(17,18)19)5-13(11)22-14(24)21-10-3-1-8-7-20-23-12(8)6-10/h1-7H,(H,20,23)(H2,21,22,24). The molecule has 0 aliphatic carbocycles. The first-order valence-corrected chi connectivity index (χ1v) is 7.49. The highest BCUT2D eigenvalue weighted by Gasteiger charge is 2.31. The minimum Gasteiger partial charge on any atom is -0.332 e. The van der Waals surface area contributed by atoms with Gasteiger partial charge in [-0.05, 0) is 48.6 Å². The molecule has 0 atom stereocenters. The van der Waals surface area contributed by atoms with Crippen molar-refractivity contribution in [3.8, 4) is 0 Å². The van der Waals surface area contributed by atoms with E-state index in [4.69, 9.17) is 23.8 Å². The van der Waals surface area contributed by atoms with Crippen molar-refractivity contribution in [2.45, 2.75) is 6.18 Å². The van der Waals surface area contributed by atoms with Crippen LogP contribution in [0.2, 0.25) is 5.02 Å². The molecule has 2 aromatic carbocycles. The molecule has 0 aliphatic heterocycles. The van der Waals surface area contributed by atoms with Crippen LogP contribution in [-0.4, -0.2) is 15.3 Å². The minimum absolute atomic E-state index is 0.0756. The molecule has 0 radical (unpaired) electrons. The lowest BCUT2D eigenvalue weighted by Gasteiger charge is -2.14. The summed E-state index contributed by atoms with van der Waals surface area (Å²) in [6.07, 6.45) is -2.78. The number of alkyl halides is 3. The first kappa shape index (κ1) is 16.5. The Labute approximate surface area is 145 Å². The van der Waals surface area contributed by atoms with Crippen LogP contribution in [0.1, 0.15) is 5.56 Å². The second-order valence-electron chi connectivity index (χ2n) is 4.94. The molecule has 0 fully saturated rings. The van der Waals surface area contributed by atoms with E-state index in [-0.39, 0.29) is 15.8 Å². The average Bonchev–Trinajstić information content (AvgIpc) is 2.96. The zero-order chi connectivity index (χ0) is 17.3. The van der Waals surface area contributed by atoms with Crippen LogP contribution in [-0.2, 0) is 6.18 Å². The first-order chi connectivity index (χ1) is 11.3. The Hall–Kier alpha value is -2.32. The van der Waals surface area contributed by atoms with Crippen LogP contribution in [0.15, 0.2) is 42.6 Å². The summed E-state index contributed by atoms with van der Waals surface area (Å²) in [7, 11) is 0. The summed E-state index contributed by atoms with van der Waals surface area (Å²) in [6, 6.07) is 8.39. The number of benzene rings is 2. The first-order valence-electron chi connectivity index (χ1n) is 6.71. The van der Waals surface area contributed by atoms with Gasteiger partial charge in [-0.25, -0.2) is 0 Å². The number of H-pyrrole nitrogens is 1. The third-order valence-corrected chi connectivity index (χ3v) is 3.78. The van der Waals surface area contributed by atoms with Crippen molar-refractivity contribution < 1.29 is 13.2 Å². The van der Waals surface area contributed by atoms with E-state index in [1.54, 1.807) is 18.3 Å². The Bertz CT molecular complexity index is 907. The van der Waals surface area contributed by atoms with Crippen molar-refractivity contribution in [1.82, 2.24) is 10.2 Å². The fourth-order valence-electron chi connectivity index (χ4n) is 2.10. The number of nitrogens with zero attached hydrogens (tertiary/aromatic N) is 1. The number of fused-ring (bicyclic) bond motifs is 1. The number of thiocarbonyl (C=S) groups is 1. The quantitative estimate of drug-likeness (QED) is 0.553. The van der Waals surface area contributed by atoms with Crippen molar-refractivity contribution in [3.63, 3.8) is 0 Å². The Kier molecular flexibility index (Phi) is 4.33. The molecule has 1 heterocycles. The van der Waals surface area contributed by atoms with Crippen LogP contribution < -0.4 is 10.6 Å². The highest BCUT2D eigenvalue weighted by Crippen LogP contribution is 2.33. The zero-order valence-corrected chi connectivity index (χ0v) is 13.5. The van der Waals surface area contributed by atoms with Crippen LogP contribution in [0.25, 0.3) is 10.9 Å². The lowest BCUT2D eigenvalue weighted by molar-refractivity contribution is -0.137. The summed E-state index contributed by atoms with van der Waals surface area (Å²) in [5.74, 6) is 0. The fraction of sp³-hybridized carbons (Fsp3) is 0.0667. The van der Waals surface area contributed by atoms with E-state index in [1.807, 2.05) is 6.07 Å². The molecule has 3 N–H and O–H groups in total. The summed E-state index contributed by atoms with van der Waals surface area (Å²) >= 11 is 11.1. The number of hydrogen-bond donors (Lipinski definition) is 3. The van der Waals surface area contributed by atoms with Crippen LogP contribution in [0, 0.1) is 0 Å². The zero-order valence-electron chi connectivity index (χ0n) is 11.9. The molecule has 0 aliphatic rings. The van der Waals surface area contributed by atoms with Gasteiger partial charge in [0.2, 0.25) is 0 Å². The molecule has 0 bridgehead atoms. The fourth-order valence-corrected chi connectivity index (χ4v) is 2.49. The van der Waals surface area contributed by atoms with Crippen LogP contribution in [0.4, 0.5) is 24.5 Å². The average molecular weight is 371 g/mol. The highest BCUT2D eigenvalue weighted by molar-refractivity contribution is 7.80. The molecule has 0 amide bonds. The summed E-state index contributed by atoms with van der Waals surface area (Å²) in [5, 5.41) is 13.5. The maximum atomic E-state index is 12.8. The van der Waals surface area contributed by atoms with Gasteiger partial charge in [-0.15, -0.1) is 0 Å². The van der Waals surface area contributed by atoms with Crippen molar-refractivity contribution in [2.75, 3.05) is 10.6 Å². The number of aromatic amines is 1. The third-order valence-electron chi connectivity index (χ3n) is 3.24. The normalized spacial score (nSPS) is 11.5. The highest BCUT2D eigenvalue weighted by atomic mass is 35.5. The maximum Gasteiger partial charge on any atom is 0.416 e. The van der Waals surface area contributed by atoms with Crippen LogP contribution in [0.5, 0.6) is 0 Å². The van der Waals surface area contributed by atoms with Gasteiger partial charge in [0.05, 0.1) is 28.0 Å². The van der Waals surface area contributed by atoms with Gasteiger partial charge in [0.1, 0.15) is 0 Å². The minimum atomic E-state index is -4.46. The van der Waals surface area contributed by atoms with E-state index in [2.05, 4.69) is 20.8 Å². The number of rotatable bonds is 2. The monoisotopic (exact) mass is 370 g/mol. The van der Waals surface area contributed by atoms with E-state index in [9.17, 15) is 13.2 Å². The van der Waals surface area contributed by atoms with Crippen molar-refractivity contribution in [2.24, 2.45) is 0 Å². The second-order valence-corrected chi connectivity index (χ2v) is 5.76. The van der Waals surface area contributed by atoms with Crippen molar-refractivity contribution >= 4 is 51.2 Å². The Morgan fingerprint density at radius 1 is 1.12 bits per heavy atom. The van der Waals surface area contributed by atoms with E-state index in [0.717, 1.165) is 23.0 Å². The summed E-state index contributed by atoms with van der Waals surface area (Å²) < 4.78 is 38.3. The van der Waals surface area contributed by atoms with Gasteiger partial charge in [-0.2, -0.15) is 18.3 Å². The molecule has 0 saturated carbocycles. The molecule has 4 nitrogen and oxygen atoms in total. The maximum absolute atomic E-state index is 12.8. The van der Waals surface area contributed by atoms with Crippen LogP contribution in [0.3, 0.4) is 0 Å². The molecule has 3 rings (SSSR count). The molecule has 9 heteroatoms. The summed E-state index contributed by atoms with van der Waals surface area (Å²) in [4.78, 5) is 0. The van der Waals surface area contributed by atoms with Crippen molar-refractivity contribution in [1.29, 1.82) is 0 Å². The molecule has 0 saturated heterocycles. The second kappa shape index (κ2) is 6.29. The lowest BCUT2D eigenvalue weighted by atomic mass is 10.2. The molecular formula is C15H10ClF3N4S. The molecule has 124 valence electrons. The van der Waals surface area contributed by atoms with E-state index in [0.29, 0.717) is 5.69 Å². The molecule has 0 spiro atoms. The molecular weight excluding hydrogens is 361 g/mol. The van der Waals surface area contributed by atoms with Gasteiger partial charge >= 0.3 is 6.18 Å².